The molecule has 0 fully saturated rings. The van der Waals surface area contributed by atoms with Gasteiger partial charge in [0.05, 0.1) is 24.4 Å². The number of oxime groups is 1. The van der Waals surface area contributed by atoms with Crippen LogP contribution in [0, 0.1) is 0 Å². The van der Waals surface area contributed by atoms with Crippen LogP contribution < -0.4 is 10.2 Å². The molecule has 2 amide bonds. The maximum atomic E-state index is 13.0. The Morgan fingerprint density at radius 2 is 1.90 bits per heavy atom. The third kappa shape index (κ3) is 5.93. The van der Waals surface area contributed by atoms with Crippen LogP contribution in [0.2, 0.25) is 0 Å². The minimum atomic E-state index is -0.385. The van der Waals surface area contributed by atoms with E-state index in [0.717, 1.165) is 11.1 Å². The predicted molar refractivity (Wildman–Crippen MR) is 115 cm³/mol. The second-order valence-corrected chi connectivity index (χ2v) is 6.16. The van der Waals surface area contributed by atoms with Crippen molar-refractivity contribution in [1.82, 2.24) is 0 Å². The molecule has 0 spiro atoms. The van der Waals surface area contributed by atoms with E-state index in [1.165, 1.54) is 4.90 Å². The highest BCUT2D eigenvalue weighted by Crippen LogP contribution is 2.23. The van der Waals surface area contributed by atoms with Gasteiger partial charge in [-0.3, -0.25) is 9.69 Å². The molecule has 2 aromatic rings. The summed E-state index contributed by atoms with van der Waals surface area (Å²) in [5.41, 5.74) is 3.20. The van der Waals surface area contributed by atoms with Gasteiger partial charge in [0.2, 0.25) is 0 Å². The number of nitrogens with one attached hydrogen (secondary N) is 1. The van der Waals surface area contributed by atoms with Gasteiger partial charge in [0, 0.05) is 12.2 Å². The van der Waals surface area contributed by atoms with E-state index in [0.29, 0.717) is 17.1 Å². The van der Waals surface area contributed by atoms with E-state index in [4.69, 9.17) is 9.94 Å². The van der Waals surface area contributed by atoms with Crippen LogP contribution in [0.3, 0.4) is 0 Å². The van der Waals surface area contributed by atoms with Crippen LogP contribution >= 0.6 is 0 Å². The molecule has 0 bridgehead atoms. The molecule has 0 saturated carbocycles. The number of ether oxygens (including phenoxy) is 1. The number of para-hydroxylation sites is 1. The summed E-state index contributed by atoms with van der Waals surface area (Å²) in [6, 6.07) is 13.8. The van der Waals surface area contributed by atoms with Crippen molar-refractivity contribution in [2.24, 2.45) is 5.16 Å². The van der Waals surface area contributed by atoms with Gasteiger partial charge in [-0.2, -0.15) is 0 Å². The molecular weight excluding hydrogens is 370 g/mol. The van der Waals surface area contributed by atoms with Crippen LogP contribution in [0.5, 0.6) is 0 Å². The maximum Gasteiger partial charge on any atom is 0.326 e. The Kier molecular flexibility index (Phi) is 7.97. The first-order valence-electron chi connectivity index (χ1n) is 9.24. The zero-order chi connectivity index (χ0) is 21.2. The van der Waals surface area contributed by atoms with Crippen molar-refractivity contribution in [2.75, 3.05) is 23.4 Å². The number of hydrogen-bond acceptors (Lipinski definition) is 5. The van der Waals surface area contributed by atoms with Crippen molar-refractivity contribution in [3.8, 4) is 0 Å². The van der Waals surface area contributed by atoms with Crippen molar-refractivity contribution in [3.05, 3.63) is 66.2 Å². The molecule has 0 aliphatic heterocycles. The lowest BCUT2D eigenvalue weighted by Gasteiger charge is -2.24. The number of hydrogen-bond donors (Lipinski definition) is 2. The molecule has 0 unspecified atom stereocenters. The lowest BCUT2D eigenvalue weighted by molar-refractivity contribution is -0.142. The molecule has 0 radical (unpaired) electrons. The molecule has 0 heterocycles. The highest BCUT2D eigenvalue weighted by Gasteiger charge is 2.19. The maximum absolute atomic E-state index is 13.0. The summed E-state index contributed by atoms with van der Waals surface area (Å²) in [5.74, 6) is -0.371. The van der Waals surface area contributed by atoms with Crippen LogP contribution in [-0.4, -0.2) is 36.1 Å². The average Bonchev–Trinajstić information content (AvgIpc) is 2.74. The monoisotopic (exact) mass is 395 g/mol. The van der Waals surface area contributed by atoms with E-state index in [1.807, 2.05) is 18.2 Å². The zero-order valence-corrected chi connectivity index (χ0v) is 16.6. The molecule has 0 aromatic heterocycles. The molecular formula is C22H25N3O4. The number of urea groups is 1. The Morgan fingerprint density at radius 3 is 2.52 bits per heavy atom. The van der Waals surface area contributed by atoms with Gasteiger partial charge in [-0.25, -0.2) is 4.79 Å². The first kappa shape index (κ1) is 21.7. The molecule has 7 nitrogen and oxygen atoms in total. The van der Waals surface area contributed by atoms with E-state index in [-0.39, 0.29) is 31.6 Å². The van der Waals surface area contributed by atoms with Gasteiger partial charge in [-0.15, -0.1) is 0 Å². The van der Waals surface area contributed by atoms with E-state index < -0.39 is 0 Å². The number of nitrogens with zero attached hydrogens (tertiary/aromatic N) is 2. The molecule has 2 N–H and O–H groups in total. The fourth-order valence-corrected chi connectivity index (χ4v) is 2.72. The Hall–Kier alpha value is -3.61. The third-order valence-corrected chi connectivity index (χ3v) is 4.24. The summed E-state index contributed by atoms with van der Waals surface area (Å²) >= 11 is 0. The quantitative estimate of drug-likeness (QED) is 0.298. The topological polar surface area (TPSA) is 91.2 Å². The van der Waals surface area contributed by atoms with Crippen LogP contribution in [0.4, 0.5) is 16.2 Å². The largest absolute Gasteiger partial charge is 0.466 e. The van der Waals surface area contributed by atoms with Crippen LogP contribution in [0.1, 0.15) is 31.4 Å². The SMILES string of the molecule is C=Cc1ccccc1N(CCC(=O)OCC)C(=O)Nc1ccc(C(C)=NO)cc1. The number of rotatable bonds is 8. The molecule has 0 aliphatic rings. The summed E-state index contributed by atoms with van der Waals surface area (Å²) in [5, 5.41) is 14.8. The molecule has 2 aromatic carbocycles. The molecule has 0 atom stereocenters. The number of carbonyl (C=O) groups is 2. The van der Waals surface area contributed by atoms with Crippen molar-refractivity contribution < 1.29 is 19.5 Å². The lowest BCUT2D eigenvalue weighted by atomic mass is 10.1. The number of carbonyl (C=O) groups excluding carboxylic acids is 2. The van der Waals surface area contributed by atoms with Crippen molar-refractivity contribution >= 4 is 35.2 Å². The van der Waals surface area contributed by atoms with Crippen molar-refractivity contribution in [3.63, 3.8) is 0 Å². The molecule has 2 rings (SSSR count). The fourth-order valence-electron chi connectivity index (χ4n) is 2.72. The normalized spacial score (nSPS) is 10.9. The third-order valence-electron chi connectivity index (χ3n) is 4.24. The van der Waals surface area contributed by atoms with Gasteiger partial charge in [0.1, 0.15) is 0 Å². The summed E-state index contributed by atoms with van der Waals surface area (Å²) in [6.45, 7) is 7.66. The van der Waals surface area contributed by atoms with Crippen LogP contribution in [0.25, 0.3) is 6.08 Å². The number of anilines is 2. The zero-order valence-electron chi connectivity index (χ0n) is 16.6. The Bertz CT molecular complexity index is 891. The second kappa shape index (κ2) is 10.7. The molecule has 7 heteroatoms. The minimum absolute atomic E-state index is 0.0673. The molecule has 0 aliphatic carbocycles. The molecule has 152 valence electrons. The summed E-state index contributed by atoms with van der Waals surface area (Å²) in [4.78, 5) is 26.3. The van der Waals surface area contributed by atoms with E-state index in [9.17, 15) is 9.59 Å². The van der Waals surface area contributed by atoms with E-state index >= 15 is 0 Å². The van der Waals surface area contributed by atoms with Gasteiger partial charge in [-0.1, -0.05) is 48.1 Å². The van der Waals surface area contributed by atoms with Crippen LogP contribution in [-0.2, 0) is 9.53 Å². The summed E-state index contributed by atoms with van der Waals surface area (Å²) in [6.07, 6.45) is 1.73. The number of benzene rings is 2. The average molecular weight is 395 g/mol. The Balaban J connectivity index is 2.23. The van der Waals surface area contributed by atoms with Gasteiger partial charge in [0.25, 0.3) is 0 Å². The van der Waals surface area contributed by atoms with Crippen molar-refractivity contribution in [1.29, 1.82) is 0 Å². The smallest absolute Gasteiger partial charge is 0.326 e. The fraction of sp³-hybridized carbons (Fsp3) is 0.227. The van der Waals surface area contributed by atoms with Gasteiger partial charge < -0.3 is 15.3 Å². The first-order valence-corrected chi connectivity index (χ1v) is 9.24. The summed E-state index contributed by atoms with van der Waals surface area (Å²) in [7, 11) is 0. The van der Waals surface area contributed by atoms with E-state index in [2.05, 4.69) is 17.1 Å². The lowest BCUT2D eigenvalue weighted by Crippen LogP contribution is -2.37. The highest BCUT2D eigenvalue weighted by atomic mass is 16.5. The molecule has 0 saturated heterocycles. The van der Waals surface area contributed by atoms with Gasteiger partial charge in [0.15, 0.2) is 0 Å². The second-order valence-electron chi connectivity index (χ2n) is 6.16. The predicted octanol–water partition coefficient (Wildman–Crippen LogP) is 4.52. The Labute approximate surface area is 170 Å². The summed E-state index contributed by atoms with van der Waals surface area (Å²) < 4.78 is 4.98. The number of amides is 2. The molecule has 29 heavy (non-hydrogen) atoms. The van der Waals surface area contributed by atoms with Crippen LogP contribution in [0.15, 0.2) is 60.3 Å². The first-order chi connectivity index (χ1) is 14.0. The highest BCUT2D eigenvalue weighted by molar-refractivity contribution is 6.04. The standard InChI is InChI=1S/C22H25N3O4/c1-4-17-8-6-7-9-20(17)25(15-14-21(26)29-5-2)22(27)23-19-12-10-18(11-13-19)16(3)24-28/h4,6-13,28H,1,5,14-15H2,2-3H3,(H,23,27). The Morgan fingerprint density at radius 1 is 1.21 bits per heavy atom. The van der Waals surface area contributed by atoms with Gasteiger partial charge >= 0.3 is 12.0 Å². The number of esters is 1. The van der Waals surface area contributed by atoms with E-state index in [1.54, 1.807) is 50.3 Å². The van der Waals surface area contributed by atoms with Gasteiger partial charge in [-0.05, 0) is 43.2 Å². The minimum Gasteiger partial charge on any atom is -0.466 e. The van der Waals surface area contributed by atoms with Crippen molar-refractivity contribution in [2.45, 2.75) is 20.3 Å².